The third-order valence-electron chi connectivity index (χ3n) is 4.65. The predicted molar refractivity (Wildman–Crippen MR) is 117 cm³/mol. The van der Waals surface area contributed by atoms with Crippen molar-refractivity contribution in [3.05, 3.63) is 84.1 Å². The highest BCUT2D eigenvalue weighted by atomic mass is 32.2. The van der Waals surface area contributed by atoms with Crippen LogP contribution in [0.3, 0.4) is 0 Å². The summed E-state index contributed by atoms with van der Waals surface area (Å²) in [5, 5.41) is 2.72. The second kappa shape index (κ2) is 10.9. The van der Waals surface area contributed by atoms with Gasteiger partial charge in [0, 0.05) is 6.54 Å². The molecule has 1 aromatic heterocycles. The van der Waals surface area contributed by atoms with Crippen molar-refractivity contribution in [2.75, 3.05) is 19.7 Å². The van der Waals surface area contributed by atoms with Gasteiger partial charge in [0.05, 0.1) is 30.9 Å². The fourth-order valence-corrected chi connectivity index (χ4v) is 4.40. The highest BCUT2D eigenvalue weighted by molar-refractivity contribution is 7.89. The molecule has 32 heavy (non-hydrogen) atoms. The van der Waals surface area contributed by atoms with Crippen molar-refractivity contribution in [3.63, 3.8) is 0 Å². The number of nitrogens with zero attached hydrogens (tertiary/aromatic N) is 1. The lowest BCUT2D eigenvalue weighted by Gasteiger charge is -2.21. The van der Waals surface area contributed by atoms with Crippen molar-refractivity contribution in [2.24, 2.45) is 0 Å². The van der Waals surface area contributed by atoms with E-state index in [-0.39, 0.29) is 23.8 Å². The first-order valence-electron chi connectivity index (χ1n) is 10.1. The van der Waals surface area contributed by atoms with Gasteiger partial charge in [0.1, 0.15) is 17.3 Å². The smallest absolute Gasteiger partial charge is 0.243 e. The van der Waals surface area contributed by atoms with Gasteiger partial charge < -0.3 is 14.5 Å². The van der Waals surface area contributed by atoms with E-state index in [4.69, 9.17) is 9.15 Å². The second-order valence-corrected chi connectivity index (χ2v) is 8.92. The summed E-state index contributed by atoms with van der Waals surface area (Å²) in [5.74, 6) is 0.195. The average molecular weight is 461 g/mol. The van der Waals surface area contributed by atoms with Crippen molar-refractivity contribution < 1.29 is 26.8 Å². The number of benzene rings is 2. The molecule has 1 amide bonds. The lowest BCUT2D eigenvalue weighted by atomic mass is 10.1. The summed E-state index contributed by atoms with van der Waals surface area (Å²) < 4.78 is 51.2. The van der Waals surface area contributed by atoms with Crippen LogP contribution in [0.4, 0.5) is 4.39 Å². The minimum atomic E-state index is -3.97. The number of nitrogens with one attached hydrogen (secondary N) is 1. The Kier molecular flexibility index (Phi) is 8.02. The molecule has 0 aliphatic rings. The SMILES string of the molecule is CCOc1ccc(S(=O)(=O)N(CC(=O)NCCc2ccc(F)cc2)Cc2ccco2)cc1. The molecule has 170 valence electrons. The Morgan fingerprint density at radius 3 is 2.44 bits per heavy atom. The Morgan fingerprint density at radius 1 is 1.09 bits per heavy atom. The predicted octanol–water partition coefficient (Wildman–Crippen LogP) is 3.37. The van der Waals surface area contributed by atoms with E-state index in [2.05, 4.69) is 5.32 Å². The van der Waals surface area contributed by atoms with E-state index < -0.39 is 15.9 Å². The van der Waals surface area contributed by atoms with Gasteiger partial charge in [0.25, 0.3) is 0 Å². The van der Waals surface area contributed by atoms with Gasteiger partial charge in [0.15, 0.2) is 0 Å². The van der Waals surface area contributed by atoms with Gasteiger partial charge in [-0.1, -0.05) is 12.1 Å². The Balaban J connectivity index is 1.68. The molecule has 0 unspecified atom stereocenters. The summed E-state index contributed by atoms with van der Waals surface area (Å²) in [6, 6.07) is 15.3. The second-order valence-electron chi connectivity index (χ2n) is 6.98. The molecular formula is C23H25FN2O5S. The molecule has 0 radical (unpaired) electrons. The monoisotopic (exact) mass is 460 g/mol. The van der Waals surface area contributed by atoms with Gasteiger partial charge in [-0.3, -0.25) is 4.79 Å². The lowest BCUT2D eigenvalue weighted by molar-refractivity contribution is -0.121. The van der Waals surface area contributed by atoms with Crippen LogP contribution in [0.15, 0.2) is 76.2 Å². The topological polar surface area (TPSA) is 88.9 Å². The highest BCUT2D eigenvalue weighted by Gasteiger charge is 2.27. The van der Waals surface area contributed by atoms with Crippen LogP contribution >= 0.6 is 0 Å². The maximum Gasteiger partial charge on any atom is 0.243 e. The molecule has 0 atom stereocenters. The molecule has 0 saturated heterocycles. The zero-order valence-corrected chi connectivity index (χ0v) is 18.5. The number of halogens is 1. The number of ether oxygens (including phenoxy) is 1. The van der Waals surface area contributed by atoms with E-state index in [1.165, 1.54) is 30.5 Å². The minimum Gasteiger partial charge on any atom is -0.494 e. The quantitative estimate of drug-likeness (QED) is 0.474. The summed E-state index contributed by atoms with van der Waals surface area (Å²) in [7, 11) is -3.97. The molecule has 0 aliphatic carbocycles. The van der Waals surface area contributed by atoms with E-state index in [9.17, 15) is 17.6 Å². The maximum absolute atomic E-state index is 13.2. The molecule has 0 fully saturated rings. The van der Waals surface area contributed by atoms with Crippen LogP contribution in [0.1, 0.15) is 18.2 Å². The third kappa shape index (κ3) is 6.41. The van der Waals surface area contributed by atoms with Crippen LogP contribution < -0.4 is 10.1 Å². The third-order valence-corrected chi connectivity index (χ3v) is 6.46. The van der Waals surface area contributed by atoms with Crippen molar-refractivity contribution in [3.8, 4) is 5.75 Å². The average Bonchev–Trinajstić information content (AvgIpc) is 3.28. The largest absolute Gasteiger partial charge is 0.494 e. The van der Waals surface area contributed by atoms with Gasteiger partial charge in [-0.2, -0.15) is 4.31 Å². The zero-order valence-electron chi connectivity index (χ0n) is 17.7. The van der Waals surface area contributed by atoms with Crippen LogP contribution in [0.5, 0.6) is 5.75 Å². The van der Waals surface area contributed by atoms with Crippen molar-refractivity contribution in [1.82, 2.24) is 9.62 Å². The van der Waals surface area contributed by atoms with Crippen molar-refractivity contribution in [2.45, 2.75) is 24.8 Å². The number of carbonyl (C=O) groups is 1. The van der Waals surface area contributed by atoms with Gasteiger partial charge in [0.2, 0.25) is 15.9 Å². The van der Waals surface area contributed by atoms with Gasteiger partial charge in [-0.25, -0.2) is 12.8 Å². The summed E-state index contributed by atoms with van der Waals surface area (Å²) in [6.07, 6.45) is 1.94. The van der Waals surface area contributed by atoms with Gasteiger partial charge in [-0.15, -0.1) is 0 Å². The number of hydrogen-bond acceptors (Lipinski definition) is 5. The standard InChI is InChI=1S/C23H25FN2O5S/c1-2-30-20-9-11-22(12-10-20)32(28,29)26(16-21-4-3-15-31-21)17-23(27)25-14-13-18-5-7-19(24)8-6-18/h3-12,15H,2,13-14,16-17H2,1H3,(H,25,27). The van der Waals surface area contributed by atoms with E-state index in [1.54, 1.807) is 36.4 Å². The molecule has 0 saturated carbocycles. The number of sulfonamides is 1. The van der Waals surface area contributed by atoms with Crippen LogP contribution in [-0.2, 0) is 27.8 Å². The summed E-state index contributed by atoms with van der Waals surface area (Å²) in [5.41, 5.74) is 0.862. The molecule has 2 aromatic carbocycles. The van der Waals surface area contributed by atoms with E-state index >= 15 is 0 Å². The molecule has 0 aliphatic heterocycles. The Hall–Kier alpha value is -3.17. The molecular weight excluding hydrogens is 435 g/mol. The molecule has 3 aromatic rings. The maximum atomic E-state index is 13.2. The van der Waals surface area contributed by atoms with Gasteiger partial charge >= 0.3 is 0 Å². The Bertz CT molecular complexity index is 1100. The molecule has 9 heteroatoms. The van der Waals surface area contributed by atoms with Crippen LogP contribution in [0.25, 0.3) is 0 Å². The van der Waals surface area contributed by atoms with E-state index in [0.717, 1.165) is 9.87 Å². The fourth-order valence-electron chi connectivity index (χ4n) is 3.04. The minimum absolute atomic E-state index is 0.0478. The highest BCUT2D eigenvalue weighted by Crippen LogP contribution is 2.21. The van der Waals surface area contributed by atoms with E-state index in [1.807, 2.05) is 6.92 Å². The fraction of sp³-hybridized carbons (Fsp3) is 0.261. The number of rotatable bonds is 11. The first kappa shape index (κ1) is 23.5. The van der Waals surface area contributed by atoms with Crippen LogP contribution in [-0.4, -0.2) is 38.3 Å². The molecule has 0 bridgehead atoms. The first-order chi connectivity index (χ1) is 15.4. The normalized spacial score (nSPS) is 11.5. The van der Waals surface area contributed by atoms with Crippen molar-refractivity contribution in [1.29, 1.82) is 0 Å². The Morgan fingerprint density at radius 2 is 1.81 bits per heavy atom. The number of furan rings is 1. The number of carbonyl (C=O) groups excluding carboxylic acids is 1. The summed E-state index contributed by atoms with van der Waals surface area (Å²) in [6.45, 7) is 2.13. The lowest BCUT2D eigenvalue weighted by Crippen LogP contribution is -2.40. The molecule has 1 heterocycles. The number of hydrogen-bond donors (Lipinski definition) is 1. The first-order valence-corrected chi connectivity index (χ1v) is 11.6. The molecule has 7 nitrogen and oxygen atoms in total. The molecule has 0 spiro atoms. The van der Waals surface area contributed by atoms with Crippen LogP contribution in [0.2, 0.25) is 0 Å². The molecule has 1 N–H and O–H groups in total. The van der Waals surface area contributed by atoms with Crippen LogP contribution in [0, 0.1) is 5.82 Å². The zero-order chi connectivity index (χ0) is 23.0. The number of amides is 1. The molecule has 3 rings (SSSR count). The van der Waals surface area contributed by atoms with Gasteiger partial charge in [-0.05, 0) is 67.4 Å². The van der Waals surface area contributed by atoms with E-state index in [0.29, 0.717) is 31.1 Å². The Labute approximate surface area is 186 Å². The van der Waals surface area contributed by atoms with Crippen molar-refractivity contribution >= 4 is 15.9 Å². The summed E-state index contributed by atoms with van der Waals surface area (Å²) in [4.78, 5) is 12.6. The summed E-state index contributed by atoms with van der Waals surface area (Å²) >= 11 is 0.